The monoisotopic (exact) mass is 280 g/mol. The van der Waals surface area contributed by atoms with E-state index in [1.54, 1.807) is 0 Å². The molecule has 0 unspecified atom stereocenters. The third-order valence-corrected chi connectivity index (χ3v) is 5.84. The van der Waals surface area contributed by atoms with Crippen LogP contribution in [0.15, 0.2) is 0 Å². The lowest BCUT2D eigenvalue weighted by molar-refractivity contribution is -0.143. The van der Waals surface area contributed by atoms with Crippen LogP contribution in [0.4, 0.5) is 0 Å². The van der Waals surface area contributed by atoms with E-state index in [0.29, 0.717) is 0 Å². The summed E-state index contributed by atoms with van der Waals surface area (Å²) in [6.45, 7) is 2.31. The van der Waals surface area contributed by atoms with E-state index in [4.69, 9.17) is 5.11 Å². The van der Waals surface area contributed by atoms with Crippen LogP contribution in [0.1, 0.15) is 84.0 Å². The van der Waals surface area contributed by atoms with E-state index in [0.717, 1.165) is 43.4 Å². The molecular formula is C18H32O2. The van der Waals surface area contributed by atoms with Crippen molar-refractivity contribution in [2.45, 2.75) is 84.0 Å². The molecular weight excluding hydrogens is 248 g/mol. The van der Waals surface area contributed by atoms with Gasteiger partial charge in [0, 0.05) is 0 Å². The summed E-state index contributed by atoms with van der Waals surface area (Å²) in [5, 5.41) is 9.03. The topological polar surface area (TPSA) is 37.3 Å². The molecule has 1 N–H and O–H groups in total. The zero-order valence-electron chi connectivity index (χ0n) is 13.2. The van der Waals surface area contributed by atoms with Crippen molar-refractivity contribution in [1.29, 1.82) is 0 Å². The summed E-state index contributed by atoms with van der Waals surface area (Å²) in [4.78, 5) is 11.0. The van der Waals surface area contributed by atoms with Crippen LogP contribution in [0.2, 0.25) is 0 Å². The first kappa shape index (κ1) is 15.9. The number of carbonyl (C=O) groups is 1. The standard InChI is InChI=1S/C18H32O2/c1-2-3-14-4-6-15(7-5-14)8-9-16-10-12-17(13-11-16)18(19)20/h14-17H,2-13H2,1H3,(H,19,20). The third kappa shape index (κ3) is 4.79. The average Bonchev–Trinajstić information content (AvgIpc) is 2.47. The molecule has 0 amide bonds. The molecule has 116 valence electrons. The molecule has 0 aromatic carbocycles. The lowest BCUT2D eigenvalue weighted by atomic mass is 9.75. The fraction of sp³-hybridized carbons (Fsp3) is 0.944. The molecule has 20 heavy (non-hydrogen) atoms. The Labute approximate surface area is 124 Å². The van der Waals surface area contributed by atoms with Crippen molar-refractivity contribution in [3.8, 4) is 0 Å². The van der Waals surface area contributed by atoms with Crippen LogP contribution in [-0.2, 0) is 4.79 Å². The lowest BCUT2D eigenvalue weighted by Gasteiger charge is -2.31. The fourth-order valence-corrected chi connectivity index (χ4v) is 4.39. The minimum Gasteiger partial charge on any atom is -0.481 e. The number of aliphatic carboxylic acids is 1. The molecule has 0 aromatic heterocycles. The van der Waals surface area contributed by atoms with Crippen LogP contribution >= 0.6 is 0 Å². The quantitative estimate of drug-likeness (QED) is 0.720. The average molecular weight is 280 g/mol. The van der Waals surface area contributed by atoms with Gasteiger partial charge in [-0.15, -0.1) is 0 Å². The van der Waals surface area contributed by atoms with Gasteiger partial charge in [-0.05, 0) is 43.4 Å². The second-order valence-electron chi connectivity index (χ2n) is 7.31. The van der Waals surface area contributed by atoms with Crippen molar-refractivity contribution in [3.63, 3.8) is 0 Å². The molecule has 0 aliphatic heterocycles. The summed E-state index contributed by atoms with van der Waals surface area (Å²) in [5.74, 6) is 2.19. The summed E-state index contributed by atoms with van der Waals surface area (Å²) in [5.41, 5.74) is 0. The largest absolute Gasteiger partial charge is 0.481 e. The van der Waals surface area contributed by atoms with E-state index < -0.39 is 5.97 Å². The molecule has 0 aromatic rings. The Morgan fingerprint density at radius 1 is 0.800 bits per heavy atom. The van der Waals surface area contributed by atoms with Gasteiger partial charge in [-0.1, -0.05) is 58.3 Å². The first-order valence-electron chi connectivity index (χ1n) is 8.91. The van der Waals surface area contributed by atoms with Gasteiger partial charge in [0.1, 0.15) is 0 Å². The molecule has 2 heteroatoms. The third-order valence-electron chi connectivity index (χ3n) is 5.84. The number of rotatable bonds is 6. The van der Waals surface area contributed by atoms with Crippen LogP contribution in [0.3, 0.4) is 0 Å². The summed E-state index contributed by atoms with van der Waals surface area (Å²) in [7, 11) is 0. The van der Waals surface area contributed by atoms with Gasteiger partial charge in [0.25, 0.3) is 0 Å². The lowest BCUT2D eigenvalue weighted by Crippen LogP contribution is -2.22. The summed E-state index contributed by atoms with van der Waals surface area (Å²) < 4.78 is 0. The molecule has 2 aliphatic carbocycles. The molecule has 2 aliphatic rings. The number of hydrogen-bond acceptors (Lipinski definition) is 1. The van der Waals surface area contributed by atoms with Crippen molar-refractivity contribution in [1.82, 2.24) is 0 Å². The molecule has 2 fully saturated rings. The Morgan fingerprint density at radius 3 is 1.60 bits per heavy atom. The maximum Gasteiger partial charge on any atom is 0.306 e. The van der Waals surface area contributed by atoms with E-state index in [-0.39, 0.29) is 5.92 Å². The highest BCUT2D eigenvalue weighted by molar-refractivity contribution is 5.69. The Morgan fingerprint density at radius 2 is 1.20 bits per heavy atom. The Balaban J connectivity index is 1.59. The van der Waals surface area contributed by atoms with Gasteiger partial charge in [0.05, 0.1) is 5.92 Å². The molecule has 0 radical (unpaired) electrons. The summed E-state index contributed by atoms with van der Waals surface area (Å²) in [6.07, 6.45) is 15.5. The first-order valence-corrected chi connectivity index (χ1v) is 8.91. The Kier molecular flexibility index (Phi) is 6.38. The maximum atomic E-state index is 11.0. The van der Waals surface area contributed by atoms with Crippen molar-refractivity contribution in [2.75, 3.05) is 0 Å². The van der Waals surface area contributed by atoms with Crippen molar-refractivity contribution < 1.29 is 9.90 Å². The zero-order chi connectivity index (χ0) is 14.4. The highest BCUT2D eigenvalue weighted by atomic mass is 16.4. The highest BCUT2D eigenvalue weighted by Gasteiger charge is 2.27. The summed E-state index contributed by atoms with van der Waals surface area (Å²) in [6, 6.07) is 0. The van der Waals surface area contributed by atoms with Crippen LogP contribution in [0.5, 0.6) is 0 Å². The maximum absolute atomic E-state index is 11.0. The SMILES string of the molecule is CCCC1CCC(CCC2CCC(C(=O)O)CC2)CC1. The number of carboxylic acid groups (broad SMARTS) is 1. The van der Waals surface area contributed by atoms with E-state index >= 15 is 0 Å². The molecule has 2 rings (SSSR count). The number of hydrogen-bond donors (Lipinski definition) is 1. The van der Waals surface area contributed by atoms with Crippen molar-refractivity contribution in [2.24, 2.45) is 23.7 Å². The Bertz CT molecular complexity index is 284. The predicted octanol–water partition coefficient (Wildman–Crippen LogP) is 5.26. The van der Waals surface area contributed by atoms with Gasteiger partial charge >= 0.3 is 5.97 Å². The van der Waals surface area contributed by atoms with Gasteiger partial charge in [0.15, 0.2) is 0 Å². The number of carboxylic acids is 1. The molecule has 0 saturated heterocycles. The van der Waals surface area contributed by atoms with Crippen LogP contribution < -0.4 is 0 Å². The van der Waals surface area contributed by atoms with Crippen LogP contribution in [-0.4, -0.2) is 11.1 Å². The molecule has 0 spiro atoms. The van der Waals surface area contributed by atoms with E-state index in [1.807, 2.05) is 0 Å². The predicted molar refractivity (Wildman–Crippen MR) is 82.7 cm³/mol. The molecule has 2 nitrogen and oxygen atoms in total. The summed E-state index contributed by atoms with van der Waals surface area (Å²) >= 11 is 0. The highest BCUT2D eigenvalue weighted by Crippen LogP contribution is 2.37. The van der Waals surface area contributed by atoms with E-state index in [1.165, 1.54) is 51.4 Å². The van der Waals surface area contributed by atoms with Gasteiger partial charge in [-0.2, -0.15) is 0 Å². The van der Waals surface area contributed by atoms with Crippen LogP contribution in [0.25, 0.3) is 0 Å². The van der Waals surface area contributed by atoms with Gasteiger partial charge in [0.2, 0.25) is 0 Å². The second-order valence-corrected chi connectivity index (χ2v) is 7.31. The van der Waals surface area contributed by atoms with Crippen LogP contribution in [0, 0.1) is 23.7 Å². The van der Waals surface area contributed by atoms with Gasteiger partial charge < -0.3 is 5.11 Å². The Hall–Kier alpha value is -0.530. The van der Waals surface area contributed by atoms with E-state index in [9.17, 15) is 4.79 Å². The zero-order valence-corrected chi connectivity index (χ0v) is 13.2. The van der Waals surface area contributed by atoms with Gasteiger partial charge in [-0.25, -0.2) is 0 Å². The fourth-order valence-electron chi connectivity index (χ4n) is 4.39. The van der Waals surface area contributed by atoms with E-state index in [2.05, 4.69) is 6.92 Å². The molecule has 0 atom stereocenters. The first-order chi connectivity index (χ1) is 9.69. The van der Waals surface area contributed by atoms with Gasteiger partial charge in [-0.3, -0.25) is 4.79 Å². The molecule has 0 heterocycles. The smallest absolute Gasteiger partial charge is 0.306 e. The minimum absolute atomic E-state index is 0.0456. The van der Waals surface area contributed by atoms with Crippen molar-refractivity contribution >= 4 is 5.97 Å². The minimum atomic E-state index is -0.572. The molecule has 0 bridgehead atoms. The second kappa shape index (κ2) is 8.05. The normalized spacial score (nSPS) is 34.9. The molecule has 2 saturated carbocycles. The van der Waals surface area contributed by atoms with Crippen molar-refractivity contribution in [3.05, 3.63) is 0 Å².